The third-order valence-corrected chi connectivity index (χ3v) is 4.16. The van der Waals surface area contributed by atoms with Crippen molar-refractivity contribution in [3.8, 4) is 0 Å². The Hall–Kier alpha value is -1.56. The lowest BCUT2D eigenvalue weighted by atomic mass is 10.1. The Kier molecular flexibility index (Phi) is 6.71. The van der Waals surface area contributed by atoms with E-state index in [0.29, 0.717) is 6.54 Å². The van der Waals surface area contributed by atoms with Crippen LogP contribution in [0.25, 0.3) is 4.96 Å². The minimum absolute atomic E-state index is 0.607. The van der Waals surface area contributed by atoms with E-state index in [2.05, 4.69) is 41.4 Å². The molecule has 0 spiro atoms. The van der Waals surface area contributed by atoms with Crippen LogP contribution in [-0.2, 0) is 6.54 Å². The number of guanidine groups is 1. The Morgan fingerprint density at radius 1 is 1.36 bits per heavy atom. The van der Waals surface area contributed by atoms with Gasteiger partial charge in [-0.3, -0.25) is 4.40 Å². The number of imidazole rings is 1. The smallest absolute Gasteiger partial charge is 0.193 e. The van der Waals surface area contributed by atoms with Crippen molar-refractivity contribution in [3.05, 3.63) is 23.5 Å². The van der Waals surface area contributed by atoms with Gasteiger partial charge in [0.2, 0.25) is 0 Å². The molecule has 0 saturated heterocycles. The Morgan fingerprint density at radius 2 is 2.23 bits per heavy atom. The molecule has 6 heteroatoms. The van der Waals surface area contributed by atoms with E-state index in [9.17, 15) is 0 Å². The van der Waals surface area contributed by atoms with Crippen molar-refractivity contribution in [2.45, 2.75) is 46.6 Å². The number of rotatable bonds is 8. The standard InChI is InChI=1S/C16H27N5S/c1-4-17-15(18-8-6-5-7-13(2)3)19-11-14-12-21-9-10-22-16(21)20-14/h9-10,12-13H,4-8,11H2,1-3H3,(H2,17,18,19). The molecule has 0 aliphatic heterocycles. The van der Waals surface area contributed by atoms with Gasteiger partial charge in [0.25, 0.3) is 0 Å². The van der Waals surface area contributed by atoms with Gasteiger partial charge < -0.3 is 10.6 Å². The molecule has 5 nitrogen and oxygen atoms in total. The molecule has 0 saturated carbocycles. The van der Waals surface area contributed by atoms with Crippen LogP contribution in [0.15, 0.2) is 22.8 Å². The summed E-state index contributed by atoms with van der Waals surface area (Å²) in [5.41, 5.74) is 1.00. The molecule has 2 heterocycles. The van der Waals surface area contributed by atoms with E-state index in [-0.39, 0.29) is 0 Å². The fourth-order valence-electron chi connectivity index (χ4n) is 2.24. The highest BCUT2D eigenvalue weighted by atomic mass is 32.1. The lowest BCUT2D eigenvalue weighted by molar-refractivity contribution is 0.534. The van der Waals surface area contributed by atoms with Crippen LogP contribution in [0, 0.1) is 5.92 Å². The fraction of sp³-hybridized carbons (Fsp3) is 0.625. The van der Waals surface area contributed by atoms with E-state index in [4.69, 9.17) is 0 Å². The van der Waals surface area contributed by atoms with E-state index in [0.717, 1.165) is 35.6 Å². The summed E-state index contributed by atoms with van der Waals surface area (Å²) >= 11 is 1.65. The zero-order valence-corrected chi connectivity index (χ0v) is 14.6. The van der Waals surface area contributed by atoms with Gasteiger partial charge in [0.15, 0.2) is 10.9 Å². The number of unbranched alkanes of at least 4 members (excludes halogenated alkanes) is 1. The Labute approximate surface area is 136 Å². The third-order valence-electron chi connectivity index (χ3n) is 3.39. The molecule has 0 fully saturated rings. The first-order valence-corrected chi connectivity index (χ1v) is 9.00. The zero-order chi connectivity index (χ0) is 15.8. The number of hydrogen-bond donors (Lipinski definition) is 2. The Balaban J connectivity index is 1.80. The van der Waals surface area contributed by atoms with E-state index >= 15 is 0 Å². The number of aliphatic imine (C=N–C) groups is 1. The van der Waals surface area contributed by atoms with Crippen molar-refractivity contribution in [1.82, 2.24) is 20.0 Å². The molecule has 2 aromatic rings. The molecule has 2 aromatic heterocycles. The summed E-state index contributed by atoms with van der Waals surface area (Å²) in [6.07, 6.45) is 7.81. The summed E-state index contributed by atoms with van der Waals surface area (Å²) in [5, 5.41) is 8.73. The fourth-order valence-corrected chi connectivity index (χ4v) is 2.96. The predicted molar refractivity (Wildman–Crippen MR) is 94.6 cm³/mol. The molecule has 0 aliphatic carbocycles. The van der Waals surface area contributed by atoms with Crippen molar-refractivity contribution in [2.24, 2.45) is 10.9 Å². The van der Waals surface area contributed by atoms with E-state index in [1.165, 1.54) is 19.3 Å². The van der Waals surface area contributed by atoms with Crippen LogP contribution in [0.4, 0.5) is 0 Å². The molecule has 0 amide bonds. The van der Waals surface area contributed by atoms with E-state index < -0.39 is 0 Å². The van der Waals surface area contributed by atoms with Crippen LogP contribution in [0.2, 0.25) is 0 Å². The van der Waals surface area contributed by atoms with Gasteiger partial charge in [-0.1, -0.05) is 26.7 Å². The summed E-state index contributed by atoms with van der Waals surface area (Å²) in [6.45, 7) is 9.08. The maximum Gasteiger partial charge on any atom is 0.193 e. The van der Waals surface area contributed by atoms with Gasteiger partial charge in [-0.05, 0) is 19.3 Å². The van der Waals surface area contributed by atoms with Gasteiger partial charge in [-0.2, -0.15) is 0 Å². The van der Waals surface area contributed by atoms with E-state index in [1.54, 1.807) is 11.3 Å². The number of fused-ring (bicyclic) bond motifs is 1. The number of aromatic nitrogens is 2. The lowest BCUT2D eigenvalue weighted by Gasteiger charge is -2.11. The molecule has 22 heavy (non-hydrogen) atoms. The van der Waals surface area contributed by atoms with Gasteiger partial charge in [-0.25, -0.2) is 9.98 Å². The van der Waals surface area contributed by atoms with Crippen molar-refractivity contribution < 1.29 is 0 Å². The molecule has 0 atom stereocenters. The summed E-state index contributed by atoms with van der Waals surface area (Å²) < 4.78 is 2.04. The van der Waals surface area contributed by atoms with Gasteiger partial charge in [0, 0.05) is 30.9 Å². The van der Waals surface area contributed by atoms with Crippen molar-refractivity contribution >= 4 is 22.3 Å². The first-order chi connectivity index (χ1) is 10.7. The predicted octanol–water partition coefficient (Wildman–Crippen LogP) is 3.28. The summed E-state index contributed by atoms with van der Waals surface area (Å²) in [4.78, 5) is 10.2. The van der Waals surface area contributed by atoms with Gasteiger partial charge in [0.1, 0.15) is 0 Å². The van der Waals surface area contributed by atoms with Gasteiger partial charge >= 0.3 is 0 Å². The molecule has 122 valence electrons. The van der Waals surface area contributed by atoms with Crippen LogP contribution in [0.3, 0.4) is 0 Å². The largest absolute Gasteiger partial charge is 0.357 e. The second kappa shape index (κ2) is 8.78. The summed E-state index contributed by atoms with van der Waals surface area (Å²) in [6, 6.07) is 0. The quantitative estimate of drug-likeness (QED) is 0.446. The summed E-state index contributed by atoms with van der Waals surface area (Å²) in [7, 11) is 0. The second-order valence-corrected chi connectivity index (χ2v) is 6.71. The monoisotopic (exact) mass is 321 g/mol. The normalized spacial score (nSPS) is 12.3. The second-order valence-electron chi connectivity index (χ2n) is 5.84. The lowest BCUT2D eigenvalue weighted by Crippen LogP contribution is -2.37. The summed E-state index contributed by atoms with van der Waals surface area (Å²) in [5.74, 6) is 1.67. The number of thiazole rings is 1. The SMILES string of the molecule is CCNC(=NCc1cn2ccsc2n1)NCCCCC(C)C. The molecule has 2 rings (SSSR count). The molecule has 0 radical (unpaired) electrons. The highest BCUT2D eigenvalue weighted by Gasteiger charge is 2.03. The molecular weight excluding hydrogens is 294 g/mol. The minimum atomic E-state index is 0.607. The average molecular weight is 321 g/mol. The molecule has 0 aliphatic rings. The molecule has 0 aromatic carbocycles. The zero-order valence-electron chi connectivity index (χ0n) is 13.8. The topological polar surface area (TPSA) is 53.7 Å². The van der Waals surface area contributed by atoms with Crippen LogP contribution in [-0.4, -0.2) is 28.4 Å². The highest BCUT2D eigenvalue weighted by molar-refractivity contribution is 7.15. The van der Waals surface area contributed by atoms with Crippen molar-refractivity contribution in [3.63, 3.8) is 0 Å². The Bertz CT molecular complexity index is 556. The molecule has 2 N–H and O–H groups in total. The van der Waals surface area contributed by atoms with Crippen LogP contribution in [0.1, 0.15) is 45.7 Å². The highest BCUT2D eigenvalue weighted by Crippen LogP contribution is 2.11. The van der Waals surface area contributed by atoms with E-state index in [1.807, 2.05) is 22.2 Å². The van der Waals surface area contributed by atoms with Crippen LogP contribution in [0.5, 0.6) is 0 Å². The van der Waals surface area contributed by atoms with Crippen LogP contribution < -0.4 is 10.6 Å². The van der Waals surface area contributed by atoms with Crippen molar-refractivity contribution in [2.75, 3.05) is 13.1 Å². The maximum atomic E-state index is 4.61. The third kappa shape index (κ3) is 5.33. The Morgan fingerprint density at radius 3 is 2.95 bits per heavy atom. The molecule has 0 unspecified atom stereocenters. The van der Waals surface area contributed by atoms with Gasteiger partial charge in [-0.15, -0.1) is 11.3 Å². The molecular formula is C16H27N5S. The minimum Gasteiger partial charge on any atom is -0.357 e. The average Bonchev–Trinajstić information content (AvgIpc) is 3.04. The first-order valence-electron chi connectivity index (χ1n) is 8.12. The van der Waals surface area contributed by atoms with Crippen LogP contribution >= 0.6 is 11.3 Å². The number of hydrogen-bond acceptors (Lipinski definition) is 3. The number of nitrogens with one attached hydrogen (secondary N) is 2. The van der Waals surface area contributed by atoms with Gasteiger partial charge in [0.05, 0.1) is 12.2 Å². The first kappa shape index (κ1) is 16.8. The molecule has 0 bridgehead atoms. The van der Waals surface area contributed by atoms with Crippen molar-refractivity contribution in [1.29, 1.82) is 0 Å². The number of nitrogens with zero attached hydrogens (tertiary/aromatic N) is 3. The maximum absolute atomic E-state index is 4.61.